The van der Waals surface area contributed by atoms with E-state index >= 15 is 0 Å². The average Bonchev–Trinajstić information content (AvgIpc) is 2.98. The first-order valence-electron chi connectivity index (χ1n) is 6.46. The van der Waals surface area contributed by atoms with Crippen molar-refractivity contribution >= 4 is 33.7 Å². The maximum atomic E-state index is 6.10. The van der Waals surface area contributed by atoms with Crippen LogP contribution < -0.4 is 4.90 Å². The zero-order valence-corrected chi connectivity index (χ0v) is 13.1. The van der Waals surface area contributed by atoms with E-state index in [0.717, 1.165) is 23.0 Å². The van der Waals surface area contributed by atoms with Crippen molar-refractivity contribution < 1.29 is 0 Å². The lowest BCUT2D eigenvalue weighted by molar-refractivity contribution is 0.893. The topological polar surface area (TPSA) is 20.5 Å². The Morgan fingerprint density at radius 3 is 3.00 bits per heavy atom. The summed E-state index contributed by atoms with van der Waals surface area (Å²) in [6, 6.07) is 8.55. The zero-order chi connectivity index (χ0) is 14.1. The standard InChI is InChI=1S/C15H16ClN3S/c1-11-4-3-5-12(8-11)10-18(2)14-13(9-16)19-6-7-20-15(19)17-14/h3-8H,9-10H2,1-2H3. The summed E-state index contributed by atoms with van der Waals surface area (Å²) in [5.74, 6) is 1.43. The lowest BCUT2D eigenvalue weighted by atomic mass is 10.1. The third-order valence-electron chi connectivity index (χ3n) is 3.33. The van der Waals surface area contributed by atoms with Crippen LogP contribution >= 0.6 is 22.9 Å². The van der Waals surface area contributed by atoms with Crippen LogP contribution in [0.4, 0.5) is 5.82 Å². The van der Waals surface area contributed by atoms with E-state index in [0.29, 0.717) is 5.88 Å². The molecule has 2 aromatic heterocycles. The van der Waals surface area contributed by atoms with Crippen LogP contribution in [0.15, 0.2) is 35.8 Å². The monoisotopic (exact) mass is 305 g/mol. The summed E-state index contributed by atoms with van der Waals surface area (Å²) >= 11 is 7.73. The predicted octanol–water partition coefficient (Wildman–Crippen LogP) is 4.08. The molecule has 3 aromatic rings. The number of fused-ring (bicyclic) bond motifs is 1. The Labute approximate surface area is 127 Å². The molecule has 0 aliphatic heterocycles. The van der Waals surface area contributed by atoms with Crippen LogP contribution in [0.1, 0.15) is 16.8 Å². The number of benzene rings is 1. The number of anilines is 1. The third-order valence-corrected chi connectivity index (χ3v) is 4.34. The van der Waals surface area contributed by atoms with Crippen molar-refractivity contribution in [2.24, 2.45) is 0 Å². The third kappa shape index (κ3) is 2.41. The van der Waals surface area contributed by atoms with Crippen LogP contribution in [0.25, 0.3) is 4.96 Å². The first-order chi connectivity index (χ1) is 9.69. The number of thiazole rings is 1. The van der Waals surface area contributed by atoms with E-state index in [1.54, 1.807) is 11.3 Å². The largest absolute Gasteiger partial charge is 0.354 e. The molecule has 2 heterocycles. The summed E-state index contributed by atoms with van der Waals surface area (Å²) in [5, 5.41) is 2.03. The van der Waals surface area contributed by atoms with Gasteiger partial charge in [0.25, 0.3) is 0 Å². The minimum absolute atomic E-state index is 0.464. The Bertz CT molecular complexity index is 732. The van der Waals surface area contributed by atoms with Gasteiger partial charge in [0.1, 0.15) is 0 Å². The first-order valence-corrected chi connectivity index (χ1v) is 7.87. The molecule has 0 atom stereocenters. The van der Waals surface area contributed by atoms with Crippen molar-refractivity contribution in [3.8, 4) is 0 Å². The molecule has 0 aliphatic rings. The second-order valence-electron chi connectivity index (χ2n) is 4.92. The van der Waals surface area contributed by atoms with Crippen molar-refractivity contribution in [2.45, 2.75) is 19.3 Å². The Hall–Kier alpha value is -1.52. The van der Waals surface area contributed by atoms with Crippen molar-refractivity contribution in [1.82, 2.24) is 9.38 Å². The number of nitrogens with zero attached hydrogens (tertiary/aromatic N) is 3. The van der Waals surface area contributed by atoms with Gasteiger partial charge in [-0.15, -0.1) is 22.9 Å². The van der Waals surface area contributed by atoms with Crippen molar-refractivity contribution in [1.29, 1.82) is 0 Å². The Kier molecular flexibility index (Phi) is 3.68. The normalized spacial score (nSPS) is 11.2. The highest BCUT2D eigenvalue weighted by molar-refractivity contribution is 7.15. The smallest absolute Gasteiger partial charge is 0.195 e. The SMILES string of the molecule is Cc1cccc(CN(C)c2nc3sccn3c2CCl)c1. The molecule has 0 N–H and O–H groups in total. The molecule has 0 saturated carbocycles. The minimum Gasteiger partial charge on any atom is -0.354 e. The zero-order valence-electron chi connectivity index (χ0n) is 11.5. The number of imidazole rings is 1. The molecule has 0 fully saturated rings. The van der Waals surface area contributed by atoms with Gasteiger partial charge in [-0.2, -0.15) is 0 Å². The van der Waals surface area contributed by atoms with Gasteiger partial charge in [0.15, 0.2) is 10.8 Å². The van der Waals surface area contributed by atoms with E-state index < -0.39 is 0 Å². The highest BCUT2D eigenvalue weighted by Crippen LogP contribution is 2.26. The molecule has 1 aromatic carbocycles. The number of hydrogen-bond acceptors (Lipinski definition) is 3. The second-order valence-corrected chi connectivity index (χ2v) is 6.06. The molecule has 0 saturated heterocycles. The molecule has 0 unspecified atom stereocenters. The summed E-state index contributed by atoms with van der Waals surface area (Å²) in [7, 11) is 2.06. The molecular formula is C15H16ClN3S. The van der Waals surface area contributed by atoms with Crippen LogP contribution in [-0.4, -0.2) is 16.4 Å². The first kappa shape index (κ1) is 13.5. The molecule has 0 radical (unpaired) electrons. The van der Waals surface area contributed by atoms with Crippen LogP contribution in [0, 0.1) is 6.92 Å². The van der Waals surface area contributed by atoms with E-state index in [2.05, 4.69) is 52.5 Å². The summed E-state index contributed by atoms with van der Waals surface area (Å²) < 4.78 is 2.07. The van der Waals surface area contributed by atoms with E-state index in [4.69, 9.17) is 11.6 Å². The van der Waals surface area contributed by atoms with Gasteiger partial charge in [0.2, 0.25) is 0 Å². The number of halogens is 1. The van der Waals surface area contributed by atoms with Gasteiger partial charge in [0, 0.05) is 25.2 Å². The molecule has 0 spiro atoms. The predicted molar refractivity (Wildman–Crippen MR) is 85.9 cm³/mol. The van der Waals surface area contributed by atoms with Gasteiger partial charge in [-0.25, -0.2) is 4.98 Å². The van der Waals surface area contributed by atoms with Crippen LogP contribution in [-0.2, 0) is 12.4 Å². The molecule has 0 aliphatic carbocycles. The van der Waals surface area contributed by atoms with E-state index in [1.807, 2.05) is 11.6 Å². The molecule has 5 heteroatoms. The van der Waals surface area contributed by atoms with Gasteiger partial charge in [-0.3, -0.25) is 4.40 Å². The Morgan fingerprint density at radius 2 is 2.25 bits per heavy atom. The van der Waals surface area contributed by atoms with Gasteiger partial charge in [-0.05, 0) is 12.5 Å². The number of hydrogen-bond donors (Lipinski definition) is 0. The Morgan fingerprint density at radius 1 is 1.40 bits per heavy atom. The molecular weight excluding hydrogens is 290 g/mol. The minimum atomic E-state index is 0.464. The summed E-state index contributed by atoms with van der Waals surface area (Å²) in [5.41, 5.74) is 3.61. The lowest BCUT2D eigenvalue weighted by Gasteiger charge is -2.18. The van der Waals surface area contributed by atoms with Crippen molar-refractivity contribution in [2.75, 3.05) is 11.9 Å². The summed E-state index contributed by atoms with van der Waals surface area (Å²) in [4.78, 5) is 7.84. The van der Waals surface area contributed by atoms with Gasteiger partial charge in [-0.1, -0.05) is 29.8 Å². The highest BCUT2D eigenvalue weighted by atomic mass is 35.5. The van der Waals surface area contributed by atoms with Crippen molar-refractivity contribution in [3.63, 3.8) is 0 Å². The molecule has 20 heavy (non-hydrogen) atoms. The number of aryl methyl sites for hydroxylation is 1. The molecule has 0 amide bonds. The average molecular weight is 306 g/mol. The van der Waals surface area contributed by atoms with Crippen LogP contribution in [0.5, 0.6) is 0 Å². The van der Waals surface area contributed by atoms with E-state index in [9.17, 15) is 0 Å². The fraction of sp³-hybridized carbons (Fsp3) is 0.267. The fourth-order valence-electron chi connectivity index (χ4n) is 2.41. The number of aromatic nitrogens is 2. The van der Waals surface area contributed by atoms with Gasteiger partial charge >= 0.3 is 0 Å². The quantitative estimate of drug-likeness (QED) is 0.677. The summed E-state index contributed by atoms with van der Waals surface area (Å²) in [6.45, 7) is 2.94. The number of rotatable bonds is 4. The highest BCUT2D eigenvalue weighted by Gasteiger charge is 2.15. The van der Waals surface area contributed by atoms with Gasteiger partial charge < -0.3 is 4.90 Å². The van der Waals surface area contributed by atoms with Gasteiger partial charge in [0.05, 0.1) is 11.6 Å². The second kappa shape index (κ2) is 5.46. The molecule has 0 bridgehead atoms. The molecule has 3 nitrogen and oxygen atoms in total. The maximum absolute atomic E-state index is 6.10. The molecule has 104 valence electrons. The fourth-order valence-corrected chi connectivity index (χ4v) is 3.39. The van der Waals surface area contributed by atoms with E-state index in [1.165, 1.54) is 11.1 Å². The maximum Gasteiger partial charge on any atom is 0.195 e. The van der Waals surface area contributed by atoms with Crippen LogP contribution in [0.3, 0.4) is 0 Å². The van der Waals surface area contributed by atoms with Crippen molar-refractivity contribution in [3.05, 3.63) is 52.7 Å². The lowest BCUT2D eigenvalue weighted by Crippen LogP contribution is -2.18. The molecule has 3 rings (SSSR count). The summed E-state index contributed by atoms with van der Waals surface area (Å²) in [6.07, 6.45) is 2.02. The number of alkyl halides is 1. The Balaban J connectivity index is 1.92. The van der Waals surface area contributed by atoms with E-state index in [-0.39, 0.29) is 0 Å². The van der Waals surface area contributed by atoms with Crippen LogP contribution in [0.2, 0.25) is 0 Å².